The smallest absolute Gasteiger partial charge is 0.0625 e. The van der Waals surface area contributed by atoms with Crippen LogP contribution in [0.1, 0.15) is 71.3 Å². The molecule has 0 amide bonds. The van der Waals surface area contributed by atoms with Gasteiger partial charge in [0.05, 0.1) is 5.60 Å². The van der Waals surface area contributed by atoms with E-state index in [1.54, 1.807) is 0 Å². The summed E-state index contributed by atoms with van der Waals surface area (Å²) in [7, 11) is 1.83. The number of hydrogen-bond donors (Lipinski definition) is 0. The van der Waals surface area contributed by atoms with Gasteiger partial charge in [0.15, 0.2) is 0 Å². The Kier molecular flexibility index (Phi) is 8.68. The van der Waals surface area contributed by atoms with Crippen LogP contribution in [0, 0.1) is 5.92 Å². The van der Waals surface area contributed by atoms with Gasteiger partial charge in [-0.05, 0) is 38.2 Å². The van der Waals surface area contributed by atoms with Crippen LogP contribution >= 0.6 is 0 Å². The highest BCUT2D eigenvalue weighted by Crippen LogP contribution is 2.27. The lowest BCUT2D eigenvalue weighted by atomic mass is 9.85. The van der Waals surface area contributed by atoms with Gasteiger partial charge in [-0.3, -0.25) is 0 Å². The lowest BCUT2D eigenvalue weighted by molar-refractivity contribution is 0.000729. The maximum atomic E-state index is 5.65. The van der Waals surface area contributed by atoms with Gasteiger partial charge in [-0.2, -0.15) is 0 Å². The third kappa shape index (κ3) is 8.26. The zero-order valence-electron chi connectivity index (χ0n) is 14.5. The van der Waals surface area contributed by atoms with Gasteiger partial charge in [0, 0.05) is 7.11 Å². The average molecular weight is 290 g/mol. The van der Waals surface area contributed by atoms with Crippen molar-refractivity contribution >= 4 is 0 Å². The van der Waals surface area contributed by atoms with E-state index in [1.165, 1.54) is 50.5 Å². The molecule has 0 aliphatic rings. The van der Waals surface area contributed by atoms with Gasteiger partial charge in [-0.15, -0.1) is 0 Å². The van der Waals surface area contributed by atoms with E-state index in [0.717, 1.165) is 12.3 Å². The Morgan fingerprint density at radius 3 is 2.29 bits per heavy atom. The maximum absolute atomic E-state index is 5.65. The van der Waals surface area contributed by atoms with Crippen LogP contribution in [0.3, 0.4) is 0 Å². The van der Waals surface area contributed by atoms with E-state index in [0.29, 0.717) is 0 Å². The van der Waals surface area contributed by atoms with Gasteiger partial charge < -0.3 is 4.74 Å². The highest BCUT2D eigenvalue weighted by molar-refractivity contribution is 5.15. The van der Waals surface area contributed by atoms with E-state index in [9.17, 15) is 0 Å². The van der Waals surface area contributed by atoms with Crippen molar-refractivity contribution in [3.05, 3.63) is 35.9 Å². The molecule has 1 nitrogen and oxygen atoms in total. The Morgan fingerprint density at radius 1 is 1.00 bits per heavy atom. The summed E-state index contributed by atoms with van der Waals surface area (Å²) < 4.78 is 5.65. The van der Waals surface area contributed by atoms with Crippen LogP contribution in [0.2, 0.25) is 0 Å². The first-order valence-corrected chi connectivity index (χ1v) is 8.66. The largest absolute Gasteiger partial charge is 0.379 e. The Bertz CT molecular complexity index is 355. The standard InChI is InChI=1S/C20H34O/c1-5-6-7-8-10-15-19(17-20(2,3)21-4)16-18-13-11-9-12-14-18/h9,11-14,19H,5-8,10,15-17H2,1-4H3/t19-/m0/s1. The molecule has 0 bridgehead atoms. The van der Waals surface area contributed by atoms with E-state index in [-0.39, 0.29) is 5.60 Å². The van der Waals surface area contributed by atoms with Gasteiger partial charge in [-0.25, -0.2) is 0 Å². The molecular formula is C20H34O. The number of hydrogen-bond acceptors (Lipinski definition) is 1. The van der Waals surface area contributed by atoms with Crippen molar-refractivity contribution in [3.8, 4) is 0 Å². The molecule has 0 saturated heterocycles. The molecule has 21 heavy (non-hydrogen) atoms. The minimum atomic E-state index is -0.0110. The summed E-state index contributed by atoms with van der Waals surface area (Å²) in [4.78, 5) is 0. The normalized spacial score (nSPS) is 13.3. The van der Waals surface area contributed by atoms with E-state index >= 15 is 0 Å². The first-order valence-electron chi connectivity index (χ1n) is 8.66. The first kappa shape index (κ1) is 18.2. The zero-order valence-corrected chi connectivity index (χ0v) is 14.5. The molecule has 0 spiro atoms. The van der Waals surface area contributed by atoms with Gasteiger partial charge >= 0.3 is 0 Å². The molecule has 0 aromatic heterocycles. The number of ether oxygens (including phenoxy) is 1. The second-order valence-corrected chi connectivity index (χ2v) is 6.93. The monoisotopic (exact) mass is 290 g/mol. The molecule has 1 rings (SSSR count). The predicted molar refractivity (Wildman–Crippen MR) is 92.7 cm³/mol. The van der Waals surface area contributed by atoms with Crippen molar-refractivity contribution in [2.75, 3.05) is 7.11 Å². The van der Waals surface area contributed by atoms with Crippen molar-refractivity contribution in [3.63, 3.8) is 0 Å². The number of benzene rings is 1. The van der Waals surface area contributed by atoms with Gasteiger partial charge in [0.2, 0.25) is 0 Å². The fourth-order valence-electron chi connectivity index (χ4n) is 3.04. The number of rotatable bonds is 11. The summed E-state index contributed by atoms with van der Waals surface area (Å²) >= 11 is 0. The molecule has 0 aliphatic heterocycles. The Balaban J connectivity index is 2.49. The van der Waals surface area contributed by atoms with Crippen molar-refractivity contribution in [2.45, 2.75) is 77.7 Å². The molecule has 1 aromatic rings. The predicted octanol–water partition coefficient (Wildman–Crippen LogP) is 6.02. The van der Waals surface area contributed by atoms with E-state index in [1.807, 2.05) is 7.11 Å². The van der Waals surface area contributed by atoms with Crippen molar-refractivity contribution in [1.29, 1.82) is 0 Å². The Hall–Kier alpha value is -0.820. The van der Waals surface area contributed by atoms with Crippen LogP contribution in [0.4, 0.5) is 0 Å². The second-order valence-electron chi connectivity index (χ2n) is 6.93. The van der Waals surface area contributed by atoms with Gasteiger partial charge in [-0.1, -0.05) is 75.8 Å². The van der Waals surface area contributed by atoms with Crippen molar-refractivity contribution in [1.82, 2.24) is 0 Å². The van der Waals surface area contributed by atoms with E-state index in [4.69, 9.17) is 4.74 Å². The van der Waals surface area contributed by atoms with E-state index in [2.05, 4.69) is 51.1 Å². The SMILES string of the molecule is CCCCCCC[C@@H](Cc1ccccc1)CC(C)(C)OC. The van der Waals surface area contributed by atoms with Crippen molar-refractivity contribution in [2.24, 2.45) is 5.92 Å². The van der Waals surface area contributed by atoms with Crippen molar-refractivity contribution < 1.29 is 4.74 Å². The molecule has 1 heteroatoms. The maximum Gasteiger partial charge on any atom is 0.0625 e. The topological polar surface area (TPSA) is 9.23 Å². The second kappa shape index (κ2) is 10.00. The summed E-state index contributed by atoms with van der Waals surface area (Å²) in [6.45, 7) is 6.70. The minimum absolute atomic E-state index is 0.0110. The summed E-state index contributed by atoms with van der Waals surface area (Å²) in [5.74, 6) is 0.726. The lowest BCUT2D eigenvalue weighted by Gasteiger charge is -2.29. The molecule has 120 valence electrons. The van der Waals surface area contributed by atoms with Crippen LogP contribution in [0.25, 0.3) is 0 Å². The highest BCUT2D eigenvalue weighted by atomic mass is 16.5. The molecule has 0 N–H and O–H groups in total. The third-order valence-electron chi connectivity index (χ3n) is 4.42. The summed E-state index contributed by atoms with van der Waals surface area (Å²) in [6, 6.07) is 10.9. The number of methoxy groups -OCH3 is 1. The molecular weight excluding hydrogens is 256 g/mol. The molecule has 0 unspecified atom stereocenters. The van der Waals surface area contributed by atoms with Crippen LogP contribution in [0.5, 0.6) is 0 Å². The van der Waals surface area contributed by atoms with Crippen LogP contribution in [0.15, 0.2) is 30.3 Å². The fourth-order valence-corrected chi connectivity index (χ4v) is 3.04. The molecule has 0 fully saturated rings. The van der Waals surface area contributed by atoms with Crippen LogP contribution < -0.4 is 0 Å². The van der Waals surface area contributed by atoms with Gasteiger partial charge in [0.25, 0.3) is 0 Å². The fraction of sp³-hybridized carbons (Fsp3) is 0.700. The summed E-state index contributed by atoms with van der Waals surface area (Å²) in [5.41, 5.74) is 1.45. The summed E-state index contributed by atoms with van der Waals surface area (Å²) in [6.07, 6.45) is 10.5. The highest BCUT2D eigenvalue weighted by Gasteiger charge is 2.22. The molecule has 1 aromatic carbocycles. The Labute approximate surface area is 132 Å². The Morgan fingerprint density at radius 2 is 1.67 bits per heavy atom. The van der Waals surface area contributed by atoms with Gasteiger partial charge in [0.1, 0.15) is 0 Å². The zero-order chi connectivity index (χ0) is 15.6. The lowest BCUT2D eigenvalue weighted by Crippen LogP contribution is -2.27. The molecule has 0 aliphatic carbocycles. The molecule has 1 atom stereocenters. The van der Waals surface area contributed by atoms with Crippen LogP contribution in [-0.4, -0.2) is 12.7 Å². The average Bonchev–Trinajstić information content (AvgIpc) is 2.47. The third-order valence-corrected chi connectivity index (χ3v) is 4.42. The minimum Gasteiger partial charge on any atom is -0.379 e. The van der Waals surface area contributed by atoms with Crippen LogP contribution in [-0.2, 0) is 11.2 Å². The van der Waals surface area contributed by atoms with E-state index < -0.39 is 0 Å². The summed E-state index contributed by atoms with van der Waals surface area (Å²) in [5, 5.41) is 0. The molecule has 0 saturated carbocycles. The quantitative estimate of drug-likeness (QED) is 0.453. The molecule has 0 heterocycles. The molecule has 0 radical (unpaired) electrons. The number of unbranched alkanes of at least 4 members (excludes halogenated alkanes) is 4. The first-order chi connectivity index (χ1) is 10.1.